The van der Waals surface area contributed by atoms with Crippen LogP contribution >= 0.6 is 0 Å². The van der Waals surface area contributed by atoms with Crippen LogP contribution < -0.4 is 0 Å². The Balaban J connectivity index is 1.15. The van der Waals surface area contributed by atoms with E-state index >= 15 is 0 Å². The minimum atomic E-state index is 0.629. The Hall–Kier alpha value is -6.39. The number of hydrogen-bond donors (Lipinski definition) is 0. The maximum atomic E-state index is 6.15. The molecule has 0 aliphatic heterocycles. The van der Waals surface area contributed by atoms with Crippen LogP contribution in [0.25, 0.3) is 89.1 Å². The van der Waals surface area contributed by atoms with E-state index in [2.05, 4.69) is 109 Å². The molecule has 47 heavy (non-hydrogen) atoms. The molecule has 220 valence electrons. The van der Waals surface area contributed by atoms with Gasteiger partial charge in [0.2, 0.25) is 0 Å². The standard InChI is InChI=1S/C43H27N3O/c1-3-10-28(11-4-1)33-23-20-30-14-9-16-37(38(30)26-33)43-45-41(31-12-5-2-6-13-31)44-42(46-43)32-21-18-29(19-22-32)34-24-25-36-35-15-7-8-17-39(35)47-40(36)27-34/h1-27H. The number of fused-ring (bicyclic) bond motifs is 4. The molecule has 0 spiro atoms. The van der Waals surface area contributed by atoms with Gasteiger partial charge in [0.05, 0.1) is 0 Å². The monoisotopic (exact) mass is 601 g/mol. The number of rotatable bonds is 5. The maximum absolute atomic E-state index is 6.15. The number of para-hydroxylation sites is 1. The first-order valence-corrected chi connectivity index (χ1v) is 15.7. The molecule has 0 saturated carbocycles. The van der Waals surface area contributed by atoms with E-state index in [1.165, 1.54) is 5.56 Å². The molecule has 0 aliphatic carbocycles. The van der Waals surface area contributed by atoms with Crippen molar-refractivity contribution >= 4 is 32.7 Å². The number of furan rings is 1. The zero-order valence-corrected chi connectivity index (χ0v) is 25.3. The van der Waals surface area contributed by atoms with Gasteiger partial charge in [-0.15, -0.1) is 0 Å². The first-order valence-electron chi connectivity index (χ1n) is 15.7. The lowest BCUT2D eigenvalue weighted by Gasteiger charge is -2.12. The predicted molar refractivity (Wildman–Crippen MR) is 192 cm³/mol. The lowest BCUT2D eigenvalue weighted by atomic mass is 9.98. The topological polar surface area (TPSA) is 51.8 Å². The molecule has 0 aliphatic rings. The van der Waals surface area contributed by atoms with Crippen molar-refractivity contribution in [1.82, 2.24) is 15.0 Å². The third-order valence-electron chi connectivity index (χ3n) is 8.75. The van der Waals surface area contributed by atoms with Crippen LogP contribution in [0.1, 0.15) is 0 Å². The van der Waals surface area contributed by atoms with Gasteiger partial charge in [-0.05, 0) is 57.3 Å². The van der Waals surface area contributed by atoms with Gasteiger partial charge >= 0.3 is 0 Å². The summed E-state index contributed by atoms with van der Waals surface area (Å²) < 4.78 is 6.15. The molecule has 0 radical (unpaired) electrons. The van der Waals surface area contributed by atoms with E-state index in [0.29, 0.717) is 17.5 Å². The molecule has 9 aromatic rings. The zero-order valence-electron chi connectivity index (χ0n) is 25.3. The van der Waals surface area contributed by atoms with Gasteiger partial charge in [0.1, 0.15) is 11.2 Å². The highest BCUT2D eigenvalue weighted by atomic mass is 16.3. The summed E-state index contributed by atoms with van der Waals surface area (Å²) in [4.78, 5) is 15.1. The van der Waals surface area contributed by atoms with E-state index < -0.39 is 0 Å². The lowest BCUT2D eigenvalue weighted by Crippen LogP contribution is -2.00. The predicted octanol–water partition coefficient (Wildman–Crippen LogP) is 11.3. The summed E-state index contributed by atoms with van der Waals surface area (Å²) >= 11 is 0. The molecule has 4 nitrogen and oxygen atoms in total. The normalized spacial score (nSPS) is 11.4. The molecular weight excluding hydrogens is 574 g/mol. The van der Waals surface area contributed by atoms with Crippen molar-refractivity contribution in [1.29, 1.82) is 0 Å². The molecule has 2 heterocycles. The Morgan fingerprint density at radius 1 is 0.319 bits per heavy atom. The summed E-state index contributed by atoms with van der Waals surface area (Å²) in [6.45, 7) is 0. The second-order valence-electron chi connectivity index (χ2n) is 11.7. The minimum absolute atomic E-state index is 0.629. The largest absolute Gasteiger partial charge is 0.456 e. The fourth-order valence-corrected chi connectivity index (χ4v) is 6.34. The van der Waals surface area contributed by atoms with Crippen LogP contribution in [-0.2, 0) is 0 Å². The first kappa shape index (κ1) is 27.0. The quantitative estimate of drug-likeness (QED) is 0.197. The Morgan fingerprint density at radius 2 is 0.872 bits per heavy atom. The van der Waals surface area contributed by atoms with E-state index in [-0.39, 0.29) is 0 Å². The Bertz CT molecular complexity index is 2550. The minimum Gasteiger partial charge on any atom is -0.456 e. The first-order chi connectivity index (χ1) is 23.3. The number of benzene rings is 7. The van der Waals surface area contributed by atoms with Gasteiger partial charge in [-0.25, -0.2) is 15.0 Å². The van der Waals surface area contributed by atoms with Crippen LogP contribution in [-0.4, -0.2) is 15.0 Å². The van der Waals surface area contributed by atoms with E-state index in [1.807, 2.05) is 54.6 Å². The summed E-state index contributed by atoms with van der Waals surface area (Å²) in [5.74, 6) is 1.91. The summed E-state index contributed by atoms with van der Waals surface area (Å²) in [5, 5.41) is 4.49. The molecule has 0 unspecified atom stereocenters. The van der Waals surface area contributed by atoms with Crippen molar-refractivity contribution < 1.29 is 4.42 Å². The number of aromatic nitrogens is 3. The van der Waals surface area contributed by atoms with Gasteiger partial charge in [0.15, 0.2) is 17.5 Å². The van der Waals surface area contributed by atoms with Gasteiger partial charge in [0, 0.05) is 27.5 Å². The average Bonchev–Trinajstić information content (AvgIpc) is 3.53. The van der Waals surface area contributed by atoms with Crippen molar-refractivity contribution in [3.63, 3.8) is 0 Å². The van der Waals surface area contributed by atoms with Crippen LogP contribution in [0.3, 0.4) is 0 Å². The van der Waals surface area contributed by atoms with E-state index in [9.17, 15) is 0 Å². The highest BCUT2D eigenvalue weighted by Crippen LogP contribution is 2.35. The number of hydrogen-bond acceptors (Lipinski definition) is 4. The fourth-order valence-electron chi connectivity index (χ4n) is 6.34. The molecule has 0 amide bonds. The fraction of sp³-hybridized carbons (Fsp3) is 0. The number of nitrogens with zero attached hydrogens (tertiary/aromatic N) is 3. The van der Waals surface area contributed by atoms with E-state index in [0.717, 1.165) is 66.1 Å². The molecule has 0 N–H and O–H groups in total. The van der Waals surface area contributed by atoms with E-state index in [1.54, 1.807) is 0 Å². The Labute approximate surface area is 271 Å². The van der Waals surface area contributed by atoms with Crippen LogP contribution in [0, 0.1) is 0 Å². The third kappa shape index (κ3) is 4.93. The van der Waals surface area contributed by atoms with Gasteiger partial charge in [0.25, 0.3) is 0 Å². The Kier molecular flexibility index (Phi) is 6.43. The highest BCUT2D eigenvalue weighted by Gasteiger charge is 2.15. The molecule has 9 rings (SSSR count). The van der Waals surface area contributed by atoms with Crippen LogP contribution in [0.2, 0.25) is 0 Å². The second kappa shape index (κ2) is 11.2. The van der Waals surface area contributed by atoms with Crippen LogP contribution in [0.5, 0.6) is 0 Å². The van der Waals surface area contributed by atoms with Gasteiger partial charge < -0.3 is 4.42 Å². The van der Waals surface area contributed by atoms with Crippen molar-refractivity contribution in [3.05, 3.63) is 164 Å². The van der Waals surface area contributed by atoms with Gasteiger partial charge in [-0.1, -0.05) is 140 Å². The van der Waals surface area contributed by atoms with Gasteiger partial charge in [-0.3, -0.25) is 0 Å². The van der Waals surface area contributed by atoms with E-state index in [4.69, 9.17) is 19.4 Å². The Morgan fingerprint density at radius 3 is 1.66 bits per heavy atom. The second-order valence-corrected chi connectivity index (χ2v) is 11.7. The molecule has 0 saturated heterocycles. The molecule has 4 heteroatoms. The molecular formula is C43H27N3O. The summed E-state index contributed by atoms with van der Waals surface area (Å²) in [6.07, 6.45) is 0. The van der Waals surface area contributed by atoms with Crippen molar-refractivity contribution in [3.8, 4) is 56.4 Å². The molecule has 0 atom stereocenters. The van der Waals surface area contributed by atoms with Crippen LogP contribution in [0.4, 0.5) is 0 Å². The van der Waals surface area contributed by atoms with Crippen molar-refractivity contribution in [2.24, 2.45) is 0 Å². The third-order valence-corrected chi connectivity index (χ3v) is 8.75. The smallest absolute Gasteiger partial charge is 0.164 e. The highest BCUT2D eigenvalue weighted by molar-refractivity contribution is 6.06. The average molecular weight is 602 g/mol. The lowest BCUT2D eigenvalue weighted by molar-refractivity contribution is 0.669. The summed E-state index contributed by atoms with van der Waals surface area (Å²) in [5.41, 5.74) is 9.13. The summed E-state index contributed by atoms with van der Waals surface area (Å²) in [6, 6.07) is 56.4. The van der Waals surface area contributed by atoms with Crippen LogP contribution in [0.15, 0.2) is 168 Å². The van der Waals surface area contributed by atoms with Crippen molar-refractivity contribution in [2.75, 3.05) is 0 Å². The summed E-state index contributed by atoms with van der Waals surface area (Å²) in [7, 11) is 0. The maximum Gasteiger partial charge on any atom is 0.164 e. The van der Waals surface area contributed by atoms with Gasteiger partial charge in [-0.2, -0.15) is 0 Å². The van der Waals surface area contributed by atoms with Crippen molar-refractivity contribution in [2.45, 2.75) is 0 Å². The SMILES string of the molecule is c1ccc(-c2ccc3cccc(-c4nc(-c5ccccc5)nc(-c5ccc(-c6ccc7c(c6)oc6ccccc67)cc5)n4)c3c2)cc1. The molecule has 0 fully saturated rings. The molecule has 7 aromatic carbocycles. The molecule has 2 aromatic heterocycles. The molecule has 0 bridgehead atoms. The zero-order chi connectivity index (χ0) is 31.2.